The first-order valence-corrected chi connectivity index (χ1v) is 10.1. The van der Waals surface area contributed by atoms with E-state index in [9.17, 15) is 4.79 Å². The lowest BCUT2D eigenvalue weighted by Gasteiger charge is -2.30. The Labute approximate surface area is 165 Å². The first-order valence-electron chi connectivity index (χ1n) is 9.22. The van der Waals surface area contributed by atoms with E-state index in [0.717, 1.165) is 34.9 Å². The molecule has 0 spiro atoms. The molecule has 0 bridgehead atoms. The number of amides is 1. The number of rotatable bonds is 3. The third-order valence-corrected chi connectivity index (χ3v) is 6.05. The van der Waals surface area contributed by atoms with Crippen LogP contribution in [0.4, 0.5) is 0 Å². The highest BCUT2D eigenvalue weighted by molar-refractivity contribution is 7.13. The van der Waals surface area contributed by atoms with Gasteiger partial charge in [-0.05, 0) is 25.0 Å². The predicted octanol–water partition coefficient (Wildman–Crippen LogP) is 2.61. The molecule has 0 N–H and O–H groups in total. The van der Waals surface area contributed by atoms with Crippen molar-refractivity contribution in [3.05, 3.63) is 53.7 Å². The first kappa shape index (κ1) is 17.1. The lowest BCUT2D eigenvalue weighted by Crippen LogP contribution is -2.38. The Morgan fingerprint density at radius 1 is 1.21 bits per heavy atom. The van der Waals surface area contributed by atoms with Crippen molar-refractivity contribution in [2.75, 3.05) is 13.1 Å². The van der Waals surface area contributed by atoms with Crippen LogP contribution in [-0.4, -0.2) is 53.3 Å². The number of pyridine rings is 1. The molecule has 0 aliphatic carbocycles. The van der Waals surface area contributed by atoms with Crippen molar-refractivity contribution in [1.29, 1.82) is 0 Å². The highest BCUT2D eigenvalue weighted by Crippen LogP contribution is 2.29. The van der Waals surface area contributed by atoms with Gasteiger partial charge in [0.05, 0.1) is 6.20 Å². The standard InChI is InChI=1S/C19H19N7OS/c1-24-11-14(10-20-24)18-21-15(12-28-18)19(27)25-8-5-13(6-9-25)17-23-22-16-4-2-3-7-26(16)17/h2-4,7,10-13H,5-6,8-9H2,1H3. The predicted molar refractivity (Wildman–Crippen MR) is 105 cm³/mol. The second-order valence-corrected chi connectivity index (χ2v) is 7.85. The van der Waals surface area contributed by atoms with Crippen LogP contribution in [0.1, 0.15) is 35.1 Å². The Morgan fingerprint density at radius 2 is 2.07 bits per heavy atom. The molecular formula is C19H19N7OS. The molecule has 5 rings (SSSR count). The molecule has 4 aromatic rings. The summed E-state index contributed by atoms with van der Waals surface area (Å²) in [6.07, 6.45) is 7.42. The molecule has 1 amide bonds. The summed E-state index contributed by atoms with van der Waals surface area (Å²) in [4.78, 5) is 19.3. The number of carbonyl (C=O) groups is 1. The van der Waals surface area contributed by atoms with Gasteiger partial charge in [0, 0.05) is 49.4 Å². The molecule has 1 aliphatic rings. The highest BCUT2D eigenvalue weighted by Gasteiger charge is 2.28. The molecule has 1 saturated heterocycles. The van der Waals surface area contributed by atoms with Gasteiger partial charge in [0.25, 0.3) is 5.91 Å². The fourth-order valence-corrected chi connectivity index (χ4v) is 4.45. The summed E-state index contributed by atoms with van der Waals surface area (Å²) < 4.78 is 3.78. The van der Waals surface area contributed by atoms with Crippen LogP contribution >= 0.6 is 11.3 Å². The maximum absolute atomic E-state index is 12.9. The van der Waals surface area contributed by atoms with E-state index in [-0.39, 0.29) is 5.91 Å². The van der Waals surface area contributed by atoms with Crippen LogP contribution in [0, 0.1) is 0 Å². The fraction of sp³-hybridized carbons (Fsp3) is 0.316. The van der Waals surface area contributed by atoms with Gasteiger partial charge in [0.1, 0.15) is 16.5 Å². The van der Waals surface area contributed by atoms with Crippen molar-refractivity contribution in [2.45, 2.75) is 18.8 Å². The highest BCUT2D eigenvalue weighted by atomic mass is 32.1. The lowest BCUT2D eigenvalue weighted by molar-refractivity contribution is 0.0706. The second kappa shape index (κ2) is 6.83. The normalized spacial score (nSPS) is 15.4. The molecule has 1 aliphatic heterocycles. The summed E-state index contributed by atoms with van der Waals surface area (Å²) in [5, 5.41) is 15.4. The molecule has 0 atom stereocenters. The van der Waals surface area contributed by atoms with E-state index in [1.807, 2.05) is 52.3 Å². The number of piperidine rings is 1. The zero-order chi connectivity index (χ0) is 19.1. The summed E-state index contributed by atoms with van der Waals surface area (Å²) in [5.41, 5.74) is 2.31. The van der Waals surface area contributed by atoms with E-state index in [4.69, 9.17) is 0 Å². The van der Waals surface area contributed by atoms with Gasteiger partial charge in [0.15, 0.2) is 5.65 Å². The van der Waals surface area contributed by atoms with Crippen molar-refractivity contribution < 1.29 is 4.79 Å². The first-order chi connectivity index (χ1) is 13.7. The number of fused-ring (bicyclic) bond motifs is 1. The zero-order valence-corrected chi connectivity index (χ0v) is 16.2. The number of aryl methyl sites for hydroxylation is 1. The van der Waals surface area contributed by atoms with Crippen molar-refractivity contribution in [3.8, 4) is 10.6 Å². The van der Waals surface area contributed by atoms with E-state index >= 15 is 0 Å². The summed E-state index contributed by atoms with van der Waals surface area (Å²) in [5.74, 6) is 1.29. The number of aromatic nitrogens is 6. The van der Waals surface area contributed by atoms with E-state index in [2.05, 4.69) is 20.3 Å². The molecule has 0 radical (unpaired) electrons. The average molecular weight is 393 g/mol. The SMILES string of the molecule is Cn1cc(-c2nc(C(=O)N3CCC(c4nnc5ccccn45)CC3)cs2)cn1. The molecule has 0 saturated carbocycles. The van der Waals surface area contributed by atoms with Gasteiger partial charge in [0.2, 0.25) is 0 Å². The van der Waals surface area contributed by atoms with Gasteiger partial charge >= 0.3 is 0 Å². The van der Waals surface area contributed by atoms with Gasteiger partial charge in [-0.15, -0.1) is 21.5 Å². The van der Waals surface area contributed by atoms with E-state index in [1.165, 1.54) is 11.3 Å². The van der Waals surface area contributed by atoms with Crippen LogP contribution in [0.5, 0.6) is 0 Å². The van der Waals surface area contributed by atoms with E-state index < -0.39 is 0 Å². The van der Waals surface area contributed by atoms with Crippen molar-refractivity contribution in [2.24, 2.45) is 7.05 Å². The van der Waals surface area contributed by atoms with E-state index in [1.54, 1.807) is 10.9 Å². The number of thiazole rings is 1. The molecule has 0 aromatic carbocycles. The minimum Gasteiger partial charge on any atom is -0.337 e. The Bertz CT molecular complexity index is 1140. The van der Waals surface area contributed by atoms with Gasteiger partial charge in [-0.2, -0.15) is 5.10 Å². The van der Waals surface area contributed by atoms with Crippen LogP contribution in [-0.2, 0) is 7.05 Å². The van der Waals surface area contributed by atoms with Crippen LogP contribution < -0.4 is 0 Å². The number of carbonyl (C=O) groups excluding carboxylic acids is 1. The third-order valence-electron chi connectivity index (χ3n) is 5.16. The Morgan fingerprint density at radius 3 is 2.86 bits per heavy atom. The maximum atomic E-state index is 12.9. The van der Waals surface area contributed by atoms with Crippen molar-refractivity contribution in [1.82, 2.24) is 34.3 Å². The van der Waals surface area contributed by atoms with Crippen LogP contribution in [0.15, 0.2) is 42.2 Å². The quantitative estimate of drug-likeness (QED) is 0.534. The minimum absolute atomic E-state index is 0.00376. The summed E-state index contributed by atoms with van der Waals surface area (Å²) in [6.45, 7) is 1.40. The lowest BCUT2D eigenvalue weighted by atomic mass is 9.96. The Kier molecular flexibility index (Phi) is 4.16. The molecule has 8 nitrogen and oxygen atoms in total. The molecule has 9 heteroatoms. The molecule has 142 valence electrons. The molecule has 28 heavy (non-hydrogen) atoms. The van der Waals surface area contributed by atoms with Crippen LogP contribution in [0.3, 0.4) is 0 Å². The number of hydrogen-bond donors (Lipinski definition) is 0. The molecule has 5 heterocycles. The van der Waals surface area contributed by atoms with Crippen LogP contribution in [0.2, 0.25) is 0 Å². The largest absolute Gasteiger partial charge is 0.337 e. The zero-order valence-electron chi connectivity index (χ0n) is 15.4. The van der Waals surface area contributed by atoms with Gasteiger partial charge < -0.3 is 4.90 Å². The van der Waals surface area contributed by atoms with Gasteiger partial charge in [-0.25, -0.2) is 4.98 Å². The summed E-state index contributed by atoms with van der Waals surface area (Å²) in [6, 6.07) is 5.90. The van der Waals surface area contributed by atoms with Gasteiger partial charge in [-0.3, -0.25) is 13.9 Å². The average Bonchev–Trinajstić information content (AvgIpc) is 3.46. The smallest absolute Gasteiger partial charge is 0.273 e. The maximum Gasteiger partial charge on any atom is 0.273 e. The number of nitrogens with zero attached hydrogens (tertiary/aromatic N) is 7. The Balaban J connectivity index is 1.28. The molecule has 4 aromatic heterocycles. The molecule has 0 unspecified atom stereocenters. The monoisotopic (exact) mass is 393 g/mol. The van der Waals surface area contributed by atoms with Crippen molar-refractivity contribution in [3.63, 3.8) is 0 Å². The second-order valence-electron chi connectivity index (χ2n) is 6.99. The number of likely N-dealkylation sites (tertiary alicyclic amines) is 1. The topological polar surface area (TPSA) is 81.2 Å². The van der Waals surface area contributed by atoms with E-state index in [0.29, 0.717) is 24.7 Å². The third kappa shape index (κ3) is 2.97. The molecular weight excluding hydrogens is 374 g/mol. The fourth-order valence-electron chi connectivity index (χ4n) is 3.68. The van der Waals surface area contributed by atoms with Gasteiger partial charge in [-0.1, -0.05) is 6.07 Å². The number of hydrogen-bond acceptors (Lipinski definition) is 6. The minimum atomic E-state index is -0.00376. The summed E-state index contributed by atoms with van der Waals surface area (Å²) >= 11 is 1.47. The Hall–Kier alpha value is -3.07. The summed E-state index contributed by atoms with van der Waals surface area (Å²) in [7, 11) is 1.87. The molecule has 1 fully saturated rings. The van der Waals surface area contributed by atoms with Crippen LogP contribution in [0.25, 0.3) is 16.2 Å². The van der Waals surface area contributed by atoms with Crippen molar-refractivity contribution >= 4 is 22.9 Å².